The summed E-state index contributed by atoms with van der Waals surface area (Å²) in [5, 5.41) is 10.4. The molecule has 6 nitrogen and oxygen atoms in total. The number of ether oxygens (including phenoxy) is 1. The summed E-state index contributed by atoms with van der Waals surface area (Å²) in [6.07, 6.45) is 0.774. The molecule has 1 heterocycles. The maximum Gasteiger partial charge on any atom is 0.306 e. The van der Waals surface area contributed by atoms with Crippen molar-refractivity contribution in [1.29, 1.82) is 0 Å². The number of carbonyl (C=O) groups is 3. The zero-order chi connectivity index (χ0) is 25.5. The van der Waals surface area contributed by atoms with E-state index in [0.29, 0.717) is 55.3 Å². The first-order valence-corrected chi connectivity index (χ1v) is 12.4. The highest BCUT2D eigenvalue weighted by atomic mass is 35.5. The monoisotopic (exact) mass is 505 g/mol. The van der Waals surface area contributed by atoms with E-state index in [1.807, 2.05) is 48.5 Å². The Morgan fingerprint density at radius 1 is 0.833 bits per heavy atom. The van der Waals surface area contributed by atoms with Crippen LogP contribution >= 0.6 is 11.6 Å². The molecule has 4 rings (SSSR count). The molecule has 1 saturated heterocycles. The number of carbonyl (C=O) groups excluding carboxylic acids is 2. The fourth-order valence-electron chi connectivity index (χ4n) is 4.25. The van der Waals surface area contributed by atoms with Gasteiger partial charge in [0.2, 0.25) is 0 Å². The molecule has 1 amide bonds. The minimum atomic E-state index is -0.986. The molecule has 1 N–H and O–H groups in total. The summed E-state index contributed by atoms with van der Waals surface area (Å²) >= 11 is 5.94. The standard InChI is InChI=1S/C29H28ClNO5/c30-26-13-11-22(12-14-26)21-7-9-23(10-8-21)27(32)19-25(29(34)35)6-3-20-1-4-24(5-2-20)28(33)31-15-17-36-18-16-31/h1-2,4-5,7-14,25H,3,6,15-19H2,(H,34,35). The van der Waals surface area contributed by atoms with E-state index in [9.17, 15) is 19.5 Å². The maximum absolute atomic E-state index is 12.8. The van der Waals surface area contributed by atoms with Crippen LogP contribution in [-0.2, 0) is 16.0 Å². The summed E-state index contributed by atoms with van der Waals surface area (Å²) in [5.74, 6) is -2.00. The van der Waals surface area contributed by atoms with Crippen molar-refractivity contribution in [2.45, 2.75) is 19.3 Å². The third kappa shape index (κ3) is 6.59. The second-order valence-electron chi connectivity index (χ2n) is 8.89. The number of Topliss-reactive ketones (excluding diaryl/α,β-unsaturated/α-hetero) is 1. The molecule has 0 bridgehead atoms. The second kappa shape index (κ2) is 12.0. The van der Waals surface area contributed by atoms with Crippen LogP contribution in [0, 0.1) is 5.92 Å². The number of rotatable bonds is 9. The molecule has 0 radical (unpaired) electrons. The van der Waals surface area contributed by atoms with Gasteiger partial charge in [0, 0.05) is 35.7 Å². The van der Waals surface area contributed by atoms with Crippen LogP contribution in [0.3, 0.4) is 0 Å². The number of hydrogen-bond acceptors (Lipinski definition) is 4. The van der Waals surface area contributed by atoms with Gasteiger partial charge in [-0.1, -0.05) is 60.1 Å². The highest BCUT2D eigenvalue weighted by Crippen LogP contribution is 2.23. The Balaban J connectivity index is 1.33. The van der Waals surface area contributed by atoms with Gasteiger partial charge in [-0.25, -0.2) is 0 Å². The molecule has 1 aliphatic rings. The van der Waals surface area contributed by atoms with Gasteiger partial charge in [-0.15, -0.1) is 0 Å². The predicted octanol–water partition coefficient (Wildman–Crippen LogP) is 5.39. The van der Waals surface area contributed by atoms with E-state index in [2.05, 4.69) is 0 Å². The van der Waals surface area contributed by atoms with Gasteiger partial charge < -0.3 is 14.7 Å². The van der Waals surface area contributed by atoms with Crippen LogP contribution in [0.5, 0.6) is 0 Å². The number of nitrogens with zero attached hydrogens (tertiary/aromatic N) is 1. The molecule has 3 aromatic carbocycles. The molecule has 1 atom stereocenters. The number of aryl methyl sites for hydroxylation is 1. The molecule has 0 aliphatic carbocycles. The Kier molecular flexibility index (Phi) is 8.52. The van der Waals surface area contributed by atoms with E-state index in [1.54, 1.807) is 29.2 Å². The summed E-state index contributed by atoms with van der Waals surface area (Å²) in [7, 11) is 0. The number of benzene rings is 3. The van der Waals surface area contributed by atoms with Crippen molar-refractivity contribution >= 4 is 29.3 Å². The van der Waals surface area contributed by atoms with E-state index in [1.165, 1.54) is 0 Å². The number of carboxylic acid groups (broad SMARTS) is 1. The molecule has 1 aliphatic heterocycles. The minimum Gasteiger partial charge on any atom is -0.481 e. The quantitative estimate of drug-likeness (QED) is 0.394. The lowest BCUT2D eigenvalue weighted by Gasteiger charge is -2.26. The van der Waals surface area contributed by atoms with Gasteiger partial charge in [0.1, 0.15) is 0 Å². The van der Waals surface area contributed by atoms with Crippen molar-refractivity contribution in [2.24, 2.45) is 5.92 Å². The Morgan fingerprint density at radius 3 is 1.97 bits per heavy atom. The molecular formula is C29H28ClNO5. The number of ketones is 1. The van der Waals surface area contributed by atoms with Crippen LogP contribution in [0.1, 0.15) is 39.1 Å². The largest absolute Gasteiger partial charge is 0.481 e. The number of aliphatic carboxylic acids is 1. The van der Waals surface area contributed by atoms with E-state index in [4.69, 9.17) is 16.3 Å². The summed E-state index contributed by atoms with van der Waals surface area (Å²) in [6.45, 7) is 2.26. The van der Waals surface area contributed by atoms with Crippen molar-refractivity contribution in [3.05, 3.63) is 94.5 Å². The van der Waals surface area contributed by atoms with Gasteiger partial charge in [0.05, 0.1) is 19.1 Å². The van der Waals surface area contributed by atoms with Gasteiger partial charge in [-0.05, 0) is 53.8 Å². The van der Waals surface area contributed by atoms with Crippen LogP contribution < -0.4 is 0 Å². The smallest absolute Gasteiger partial charge is 0.306 e. The van der Waals surface area contributed by atoms with Gasteiger partial charge >= 0.3 is 5.97 Å². The highest BCUT2D eigenvalue weighted by Gasteiger charge is 2.22. The Hall–Kier alpha value is -3.48. The first kappa shape index (κ1) is 25.6. The van der Waals surface area contributed by atoms with Crippen molar-refractivity contribution in [3.8, 4) is 11.1 Å². The third-order valence-corrected chi connectivity index (χ3v) is 6.70. The van der Waals surface area contributed by atoms with E-state index >= 15 is 0 Å². The maximum atomic E-state index is 12.8. The van der Waals surface area contributed by atoms with Crippen molar-refractivity contribution in [1.82, 2.24) is 4.90 Å². The fourth-order valence-corrected chi connectivity index (χ4v) is 4.38. The molecule has 1 fully saturated rings. The average molecular weight is 506 g/mol. The molecule has 7 heteroatoms. The van der Waals surface area contributed by atoms with Crippen LogP contribution in [0.25, 0.3) is 11.1 Å². The third-order valence-electron chi connectivity index (χ3n) is 6.45. The number of morpholine rings is 1. The average Bonchev–Trinajstić information content (AvgIpc) is 2.91. The lowest BCUT2D eigenvalue weighted by atomic mass is 9.91. The van der Waals surface area contributed by atoms with E-state index in [0.717, 1.165) is 16.7 Å². The molecule has 1 unspecified atom stereocenters. The van der Waals surface area contributed by atoms with Crippen molar-refractivity contribution in [2.75, 3.05) is 26.3 Å². The molecule has 36 heavy (non-hydrogen) atoms. The number of halogens is 1. The number of carboxylic acids is 1. The first-order valence-electron chi connectivity index (χ1n) is 12.0. The zero-order valence-corrected chi connectivity index (χ0v) is 20.6. The lowest BCUT2D eigenvalue weighted by Crippen LogP contribution is -2.40. The fraction of sp³-hybridized carbons (Fsp3) is 0.276. The van der Waals surface area contributed by atoms with Gasteiger partial charge in [0.15, 0.2) is 5.78 Å². The molecule has 3 aromatic rings. The normalized spacial score (nSPS) is 14.3. The topological polar surface area (TPSA) is 83.9 Å². The van der Waals surface area contributed by atoms with Crippen LogP contribution in [0.2, 0.25) is 5.02 Å². The van der Waals surface area contributed by atoms with E-state index in [-0.39, 0.29) is 18.1 Å². The Labute approximate surface area is 215 Å². The van der Waals surface area contributed by atoms with Gasteiger partial charge in [0.25, 0.3) is 5.91 Å². The van der Waals surface area contributed by atoms with Crippen LogP contribution in [0.15, 0.2) is 72.8 Å². The Bertz CT molecular complexity index is 1200. The zero-order valence-electron chi connectivity index (χ0n) is 19.9. The van der Waals surface area contributed by atoms with Crippen LogP contribution in [-0.4, -0.2) is 54.0 Å². The molecule has 0 saturated carbocycles. The highest BCUT2D eigenvalue weighted by molar-refractivity contribution is 6.30. The van der Waals surface area contributed by atoms with E-state index < -0.39 is 11.9 Å². The van der Waals surface area contributed by atoms with Crippen molar-refractivity contribution in [3.63, 3.8) is 0 Å². The molecule has 0 spiro atoms. The summed E-state index contributed by atoms with van der Waals surface area (Å²) in [6, 6.07) is 21.9. The predicted molar refractivity (Wildman–Crippen MR) is 138 cm³/mol. The summed E-state index contributed by atoms with van der Waals surface area (Å²) in [4.78, 5) is 39.0. The molecular weight excluding hydrogens is 478 g/mol. The summed E-state index contributed by atoms with van der Waals surface area (Å²) < 4.78 is 5.29. The minimum absolute atomic E-state index is 0.0269. The van der Waals surface area contributed by atoms with Crippen LogP contribution in [0.4, 0.5) is 0 Å². The van der Waals surface area contributed by atoms with Gasteiger partial charge in [-0.3, -0.25) is 14.4 Å². The Morgan fingerprint density at radius 2 is 1.39 bits per heavy atom. The first-order chi connectivity index (χ1) is 17.4. The lowest BCUT2D eigenvalue weighted by molar-refractivity contribution is -0.141. The molecule has 0 aromatic heterocycles. The SMILES string of the molecule is O=C(CC(CCc1ccc(C(=O)N2CCOCC2)cc1)C(=O)O)c1ccc(-c2ccc(Cl)cc2)cc1. The number of amides is 1. The molecule has 186 valence electrons. The second-order valence-corrected chi connectivity index (χ2v) is 9.32. The van der Waals surface area contributed by atoms with Gasteiger partial charge in [-0.2, -0.15) is 0 Å². The summed E-state index contributed by atoms with van der Waals surface area (Å²) in [5.41, 5.74) is 3.96. The number of hydrogen-bond donors (Lipinski definition) is 1. The van der Waals surface area contributed by atoms with Crippen molar-refractivity contribution < 1.29 is 24.2 Å².